The molecule has 4 aromatic heterocycles. The molecule has 97 heavy (non-hydrogen) atoms. The molecule has 0 radical (unpaired) electrons. The van der Waals surface area contributed by atoms with E-state index in [1.165, 1.54) is 197 Å². The molecule has 0 spiro atoms. The lowest BCUT2D eigenvalue weighted by molar-refractivity contribution is 0.828. The van der Waals surface area contributed by atoms with Gasteiger partial charge in [0.1, 0.15) is 0 Å². The SMILES string of the molecule is CCc1cccc(-n2c3ccc(-c4ccc5c(c4)c4ccccc4n5-c4cccc5sc6ccccc6c45)cc3c3ccc(-c4ccc5c(c4)-c4cc(-c6ccc7c(c6)c6ccccc6n7-c6ccccc6)ccc4C5Cc4ccc5ccccc5c4)cc32)c1-c1ccccc1C. The highest BCUT2D eigenvalue weighted by Crippen LogP contribution is 2.51. The summed E-state index contributed by atoms with van der Waals surface area (Å²) >= 11 is 1.87. The van der Waals surface area contributed by atoms with Crippen molar-refractivity contribution in [3.05, 3.63) is 343 Å². The maximum absolute atomic E-state index is 2.58. The largest absolute Gasteiger partial charge is 0.309 e. The summed E-state index contributed by atoms with van der Waals surface area (Å²) in [6.45, 7) is 4.55. The van der Waals surface area contributed by atoms with E-state index in [0.29, 0.717) is 0 Å². The molecule has 0 saturated carbocycles. The van der Waals surface area contributed by atoms with Gasteiger partial charge in [0, 0.05) is 69.7 Å². The number of para-hydroxylation sites is 3. The average molecular weight is 1250 g/mol. The van der Waals surface area contributed by atoms with E-state index in [-0.39, 0.29) is 5.92 Å². The molecule has 0 bridgehead atoms. The van der Waals surface area contributed by atoms with Crippen molar-refractivity contribution in [3.63, 3.8) is 0 Å². The van der Waals surface area contributed by atoms with Gasteiger partial charge >= 0.3 is 0 Å². The van der Waals surface area contributed by atoms with Gasteiger partial charge in [0.25, 0.3) is 0 Å². The van der Waals surface area contributed by atoms with Crippen LogP contribution in [-0.4, -0.2) is 13.7 Å². The molecule has 1 atom stereocenters. The molecule has 1 aliphatic rings. The van der Waals surface area contributed by atoms with Crippen LogP contribution < -0.4 is 0 Å². The molecule has 19 aromatic rings. The van der Waals surface area contributed by atoms with Gasteiger partial charge in [-0.3, -0.25) is 0 Å². The van der Waals surface area contributed by atoms with Crippen LogP contribution in [0.5, 0.6) is 0 Å². The molecule has 0 N–H and O–H groups in total. The first-order chi connectivity index (χ1) is 48.0. The molecule has 3 nitrogen and oxygen atoms in total. The Morgan fingerprint density at radius 3 is 1.52 bits per heavy atom. The molecule has 1 aliphatic carbocycles. The summed E-state index contributed by atoms with van der Waals surface area (Å²) in [4.78, 5) is 0. The van der Waals surface area contributed by atoms with E-state index in [2.05, 4.69) is 343 Å². The average Bonchev–Trinajstić information content (AvgIpc) is 1.61. The van der Waals surface area contributed by atoms with Gasteiger partial charge in [-0.25, -0.2) is 0 Å². The highest BCUT2D eigenvalue weighted by atomic mass is 32.1. The molecule has 0 saturated heterocycles. The molecule has 15 aromatic carbocycles. The van der Waals surface area contributed by atoms with Crippen LogP contribution in [0.2, 0.25) is 0 Å². The second-order valence-electron chi connectivity index (χ2n) is 26.6. The first-order valence-electron chi connectivity index (χ1n) is 34.0. The Labute approximate surface area is 566 Å². The second kappa shape index (κ2) is 21.9. The quantitative estimate of drug-likeness (QED) is 0.130. The van der Waals surface area contributed by atoms with Crippen molar-refractivity contribution in [2.75, 3.05) is 0 Å². The third kappa shape index (κ3) is 8.66. The molecule has 20 rings (SSSR count). The lowest BCUT2D eigenvalue weighted by Gasteiger charge is -2.19. The summed E-state index contributed by atoms with van der Waals surface area (Å²) in [7, 11) is 0. The van der Waals surface area contributed by atoms with Gasteiger partial charge < -0.3 is 13.7 Å². The minimum absolute atomic E-state index is 0.187. The molecule has 0 aliphatic heterocycles. The number of rotatable bonds is 10. The number of thiophene rings is 1. The van der Waals surface area contributed by atoms with Crippen molar-refractivity contribution >= 4 is 108 Å². The number of hydrogen-bond donors (Lipinski definition) is 0. The van der Waals surface area contributed by atoms with E-state index in [9.17, 15) is 0 Å². The van der Waals surface area contributed by atoms with Crippen LogP contribution in [0.15, 0.2) is 315 Å². The van der Waals surface area contributed by atoms with Gasteiger partial charge in [-0.05, 0) is 212 Å². The van der Waals surface area contributed by atoms with Crippen LogP contribution in [0.3, 0.4) is 0 Å². The fraction of sp³-hybridized carbons (Fsp3) is 0.0538. The van der Waals surface area contributed by atoms with E-state index >= 15 is 0 Å². The monoisotopic (exact) mass is 1250 g/mol. The van der Waals surface area contributed by atoms with E-state index in [1.807, 2.05) is 11.3 Å². The highest BCUT2D eigenvalue weighted by molar-refractivity contribution is 7.25. The summed E-state index contributed by atoms with van der Waals surface area (Å²) in [5.74, 6) is 0.187. The Morgan fingerprint density at radius 2 is 0.825 bits per heavy atom. The fourth-order valence-corrected chi connectivity index (χ4v) is 17.9. The molecule has 4 heteroatoms. The van der Waals surface area contributed by atoms with Crippen LogP contribution in [0.1, 0.15) is 40.7 Å². The van der Waals surface area contributed by atoms with E-state index in [1.54, 1.807) is 0 Å². The third-order valence-electron chi connectivity index (χ3n) is 21.3. The van der Waals surface area contributed by atoms with Crippen LogP contribution >= 0.6 is 11.3 Å². The second-order valence-corrected chi connectivity index (χ2v) is 27.7. The van der Waals surface area contributed by atoms with E-state index in [0.717, 1.165) is 12.8 Å². The van der Waals surface area contributed by atoms with Crippen molar-refractivity contribution in [1.29, 1.82) is 0 Å². The Kier molecular flexibility index (Phi) is 12.5. The number of aryl methyl sites for hydroxylation is 2. The standard InChI is InChI=1S/C93H63N3S/c1-3-59-22-17-31-87(92(59)69-25-10-7-19-57(69)2)96-86-48-42-66(65-41-47-85-80(54-65)73-27-12-15-30-83(73)95(85)88-32-18-34-91-93(88)75-28-13-16-33-90(75)97-91)55-81(86)74-45-39-67(56-89(74)96)63-38-44-71-76(50-58-35-36-60-20-8-9-21-61(60)49-58)70-43-37-62(51-77(70)78(71)52-63)64-40-46-84-79(53-64)72-26-11-14-29-82(72)94(84)68-23-5-4-6-24-68/h4-49,51-56,76H,3,50H2,1-2H3. The minimum Gasteiger partial charge on any atom is -0.309 e. The zero-order valence-electron chi connectivity index (χ0n) is 53.8. The minimum atomic E-state index is 0.187. The lowest BCUT2D eigenvalue weighted by atomic mass is 9.88. The lowest BCUT2D eigenvalue weighted by Crippen LogP contribution is -2.02. The number of fused-ring (bicyclic) bond motifs is 16. The molecule has 456 valence electrons. The van der Waals surface area contributed by atoms with Gasteiger partial charge in [0.15, 0.2) is 0 Å². The zero-order chi connectivity index (χ0) is 64.0. The predicted molar refractivity (Wildman–Crippen MR) is 413 cm³/mol. The van der Waals surface area contributed by atoms with Crippen LogP contribution in [0, 0.1) is 6.92 Å². The van der Waals surface area contributed by atoms with Gasteiger partial charge in [-0.2, -0.15) is 0 Å². The molecular formula is C93H63N3S. The Balaban J connectivity index is 0.755. The van der Waals surface area contributed by atoms with Gasteiger partial charge in [0.2, 0.25) is 0 Å². The van der Waals surface area contributed by atoms with Crippen LogP contribution in [0.4, 0.5) is 0 Å². The first-order valence-corrected chi connectivity index (χ1v) is 34.8. The van der Waals surface area contributed by atoms with Crippen LogP contribution in [0.25, 0.3) is 169 Å². The van der Waals surface area contributed by atoms with Crippen molar-refractivity contribution in [3.8, 4) is 72.7 Å². The molecule has 4 heterocycles. The van der Waals surface area contributed by atoms with Crippen molar-refractivity contribution in [2.24, 2.45) is 0 Å². The fourth-order valence-electron chi connectivity index (χ4n) is 16.8. The molecular weight excluding hydrogens is 1190 g/mol. The number of aromatic nitrogens is 3. The number of hydrogen-bond acceptors (Lipinski definition) is 1. The molecule has 1 unspecified atom stereocenters. The highest BCUT2D eigenvalue weighted by Gasteiger charge is 2.31. The maximum atomic E-state index is 2.58. The summed E-state index contributed by atoms with van der Waals surface area (Å²) in [6.07, 6.45) is 1.82. The smallest absolute Gasteiger partial charge is 0.0555 e. The van der Waals surface area contributed by atoms with E-state index < -0.39 is 0 Å². The van der Waals surface area contributed by atoms with Gasteiger partial charge in [-0.15, -0.1) is 11.3 Å². The molecule has 0 amide bonds. The summed E-state index contributed by atoms with van der Waals surface area (Å²) in [5, 5.41) is 12.6. The topological polar surface area (TPSA) is 14.8 Å². The Morgan fingerprint density at radius 1 is 0.320 bits per heavy atom. The third-order valence-corrected chi connectivity index (χ3v) is 22.4. The van der Waals surface area contributed by atoms with Crippen LogP contribution in [-0.2, 0) is 12.8 Å². The predicted octanol–water partition coefficient (Wildman–Crippen LogP) is 25.4. The number of nitrogens with zero attached hydrogens (tertiary/aromatic N) is 3. The number of benzene rings is 15. The normalized spacial score (nSPS) is 13.0. The van der Waals surface area contributed by atoms with Crippen molar-refractivity contribution in [1.82, 2.24) is 13.7 Å². The Bertz CT molecular complexity index is 6480. The molecule has 0 fully saturated rings. The zero-order valence-corrected chi connectivity index (χ0v) is 54.6. The van der Waals surface area contributed by atoms with Crippen molar-refractivity contribution in [2.45, 2.75) is 32.6 Å². The Hall–Kier alpha value is -11.8. The van der Waals surface area contributed by atoms with Crippen molar-refractivity contribution < 1.29 is 0 Å². The van der Waals surface area contributed by atoms with Gasteiger partial charge in [-0.1, -0.05) is 219 Å². The summed E-state index contributed by atoms with van der Waals surface area (Å²) in [6, 6.07) is 119. The maximum Gasteiger partial charge on any atom is 0.0555 e. The summed E-state index contributed by atoms with van der Waals surface area (Å²) in [5.41, 5.74) is 29.9. The van der Waals surface area contributed by atoms with E-state index in [4.69, 9.17) is 0 Å². The van der Waals surface area contributed by atoms with Gasteiger partial charge in [0.05, 0.1) is 44.5 Å². The summed E-state index contributed by atoms with van der Waals surface area (Å²) < 4.78 is 10.1. The first kappa shape index (κ1) is 55.6.